The standard InChI is InChI=1S/C21H19O4PS/c22-20(23)21(24,13-16-7-2-1-3-8-16)14-26(25)15-27-19-12-6-10-17-9-4-5-11-18(17)19/h1-12,14,24H,13,15H2,(H,22,23). The van der Waals surface area contributed by atoms with Gasteiger partial charge in [0.25, 0.3) is 0 Å². The van der Waals surface area contributed by atoms with Crippen molar-refractivity contribution in [2.75, 3.05) is 5.49 Å². The first-order chi connectivity index (χ1) is 13.0. The summed E-state index contributed by atoms with van der Waals surface area (Å²) < 4.78 is 0. The number of carboxylic acids is 1. The lowest BCUT2D eigenvalue weighted by atomic mass is 9.97. The molecular weight excluding hydrogens is 379 g/mol. The van der Waals surface area contributed by atoms with Crippen LogP contribution >= 0.6 is 19.5 Å². The van der Waals surface area contributed by atoms with Gasteiger partial charge in [-0.25, -0.2) is 4.79 Å². The maximum absolute atomic E-state index is 12.5. The number of benzene rings is 3. The van der Waals surface area contributed by atoms with E-state index in [1.807, 2.05) is 48.5 Å². The van der Waals surface area contributed by atoms with Crippen LogP contribution < -0.4 is 4.89 Å². The van der Waals surface area contributed by atoms with E-state index in [0.717, 1.165) is 21.5 Å². The molecule has 138 valence electrons. The van der Waals surface area contributed by atoms with Crippen molar-refractivity contribution in [2.24, 2.45) is 0 Å². The Morgan fingerprint density at radius 2 is 1.70 bits per heavy atom. The maximum atomic E-state index is 12.5. The summed E-state index contributed by atoms with van der Waals surface area (Å²) in [6.45, 7) is 0. The van der Waals surface area contributed by atoms with Gasteiger partial charge >= 0.3 is 5.97 Å². The highest BCUT2D eigenvalue weighted by atomic mass is 32.2. The predicted molar refractivity (Wildman–Crippen MR) is 110 cm³/mol. The molecule has 0 heterocycles. The molecule has 2 N–H and O–H groups in total. The molecule has 0 fully saturated rings. The van der Waals surface area contributed by atoms with Crippen LogP contribution in [0.25, 0.3) is 10.8 Å². The molecule has 3 rings (SSSR count). The first kappa shape index (κ1) is 19.6. The Morgan fingerprint density at radius 3 is 2.44 bits per heavy atom. The number of rotatable bonds is 7. The second-order valence-corrected chi connectivity index (χ2v) is 9.04. The zero-order chi connectivity index (χ0) is 19.3. The van der Waals surface area contributed by atoms with Gasteiger partial charge in [0.15, 0.2) is 5.49 Å². The van der Waals surface area contributed by atoms with Gasteiger partial charge in [0, 0.05) is 11.3 Å². The number of hydrogen-bond donors (Lipinski definition) is 2. The Kier molecular flexibility index (Phi) is 6.30. The molecule has 27 heavy (non-hydrogen) atoms. The lowest BCUT2D eigenvalue weighted by Gasteiger charge is -2.18. The number of aliphatic carboxylic acids is 1. The summed E-state index contributed by atoms with van der Waals surface area (Å²) in [5, 5.41) is 22.1. The molecule has 2 unspecified atom stereocenters. The van der Waals surface area contributed by atoms with E-state index in [1.165, 1.54) is 11.8 Å². The molecule has 0 amide bonds. The summed E-state index contributed by atoms with van der Waals surface area (Å²) in [5.41, 5.74) is -1.29. The molecule has 0 aliphatic heterocycles. The highest BCUT2D eigenvalue weighted by Gasteiger charge is 2.37. The highest BCUT2D eigenvalue weighted by molar-refractivity contribution is 8.04. The van der Waals surface area contributed by atoms with Crippen LogP contribution in [0.4, 0.5) is 0 Å². The van der Waals surface area contributed by atoms with E-state index >= 15 is 0 Å². The summed E-state index contributed by atoms with van der Waals surface area (Å²) in [6.07, 6.45) is -0.122. The molecule has 4 nitrogen and oxygen atoms in total. The molecule has 0 saturated carbocycles. The third kappa shape index (κ3) is 4.96. The summed E-state index contributed by atoms with van der Waals surface area (Å²) in [6, 6.07) is 22.6. The Balaban J connectivity index is 1.77. The summed E-state index contributed by atoms with van der Waals surface area (Å²) in [7, 11) is -2.02. The van der Waals surface area contributed by atoms with E-state index in [1.54, 1.807) is 24.3 Å². The number of carbonyl (C=O) groups is 1. The van der Waals surface area contributed by atoms with Crippen LogP contribution in [-0.4, -0.2) is 33.1 Å². The number of fused-ring (bicyclic) bond motifs is 1. The smallest absolute Gasteiger partial charge is 0.344 e. The van der Waals surface area contributed by atoms with Crippen LogP contribution in [0.5, 0.6) is 0 Å². The minimum absolute atomic E-state index is 0.122. The van der Waals surface area contributed by atoms with Gasteiger partial charge in [0.05, 0.1) is 7.77 Å². The number of carboxylic acid groups (broad SMARTS) is 1. The summed E-state index contributed by atoms with van der Waals surface area (Å²) in [4.78, 5) is 25.1. The first-order valence-corrected chi connectivity index (χ1v) is 10.9. The average molecular weight is 398 g/mol. The van der Waals surface area contributed by atoms with Crippen molar-refractivity contribution >= 4 is 42.1 Å². The molecule has 0 aromatic heterocycles. The fourth-order valence-electron chi connectivity index (χ4n) is 2.81. The van der Waals surface area contributed by atoms with Gasteiger partial charge in [-0.1, -0.05) is 78.5 Å². The van der Waals surface area contributed by atoms with Gasteiger partial charge in [-0.2, -0.15) is 0 Å². The van der Waals surface area contributed by atoms with Crippen molar-refractivity contribution in [3.8, 4) is 0 Å². The van der Waals surface area contributed by atoms with E-state index in [0.29, 0.717) is 5.56 Å². The molecule has 3 aromatic carbocycles. The van der Waals surface area contributed by atoms with Gasteiger partial charge in [-0.3, -0.25) is 0 Å². The second-order valence-electron chi connectivity index (χ2n) is 6.19. The molecule has 6 heteroatoms. The largest absolute Gasteiger partial charge is 0.630 e. The van der Waals surface area contributed by atoms with Crippen LogP contribution in [-0.2, 0) is 11.2 Å². The van der Waals surface area contributed by atoms with Crippen molar-refractivity contribution in [3.63, 3.8) is 0 Å². The molecular formula is C21H19O4PS. The van der Waals surface area contributed by atoms with Crippen molar-refractivity contribution in [2.45, 2.75) is 16.9 Å². The predicted octanol–water partition coefficient (Wildman–Crippen LogP) is 3.51. The van der Waals surface area contributed by atoms with Crippen LogP contribution in [0, 0.1) is 0 Å². The molecule has 0 radical (unpaired) electrons. The van der Waals surface area contributed by atoms with Crippen LogP contribution in [0.15, 0.2) is 77.7 Å². The van der Waals surface area contributed by atoms with E-state index in [9.17, 15) is 19.9 Å². The van der Waals surface area contributed by atoms with E-state index in [-0.39, 0.29) is 11.9 Å². The summed E-state index contributed by atoms with van der Waals surface area (Å²) >= 11 is 1.40. The van der Waals surface area contributed by atoms with E-state index in [4.69, 9.17) is 0 Å². The fourth-order valence-corrected chi connectivity index (χ4v) is 5.37. The third-order valence-corrected chi connectivity index (χ3v) is 7.06. The van der Waals surface area contributed by atoms with Gasteiger partial charge < -0.3 is 15.1 Å². The van der Waals surface area contributed by atoms with Crippen LogP contribution in [0.1, 0.15) is 5.56 Å². The van der Waals surface area contributed by atoms with Crippen LogP contribution in [0.2, 0.25) is 0 Å². The fraction of sp³-hybridized carbons (Fsp3) is 0.143. The quantitative estimate of drug-likeness (QED) is 0.470. The highest BCUT2D eigenvalue weighted by Crippen LogP contribution is 2.33. The topological polar surface area (TPSA) is 80.6 Å². The number of thioether (sulfide) groups is 1. The van der Waals surface area contributed by atoms with Crippen LogP contribution in [0.3, 0.4) is 0 Å². The molecule has 3 aromatic rings. The van der Waals surface area contributed by atoms with Gasteiger partial charge in [0.2, 0.25) is 5.60 Å². The molecule has 0 spiro atoms. The van der Waals surface area contributed by atoms with Gasteiger partial charge in [-0.05, 0) is 22.4 Å². The zero-order valence-electron chi connectivity index (χ0n) is 14.5. The Hall–Kier alpha value is -2.17. The maximum Gasteiger partial charge on any atom is 0.344 e. The lowest BCUT2D eigenvalue weighted by molar-refractivity contribution is -0.155. The number of aliphatic hydroxyl groups is 1. The normalized spacial score (nSPS) is 14.1. The summed E-state index contributed by atoms with van der Waals surface area (Å²) in [5.74, 6) is -0.333. The molecule has 0 aliphatic carbocycles. The zero-order valence-corrected chi connectivity index (χ0v) is 16.2. The van der Waals surface area contributed by atoms with Crippen molar-refractivity contribution in [1.29, 1.82) is 0 Å². The van der Waals surface area contributed by atoms with E-state index in [2.05, 4.69) is 0 Å². The second kappa shape index (κ2) is 8.68. The molecule has 0 bridgehead atoms. The third-order valence-electron chi connectivity index (χ3n) is 4.14. The van der Waals surface area contributed by atoms with Crippen molar-refractivity contribution in [3.05, 3.63) is 78.4 Å². The number of hydrogen-bond acceptors (Lipinski definition) is 4. The lowest BCUT2D eigenvalue weighted by Crippen LogP contribution is -2.42. The molecule has 0 saturated heterocycles. The molecule has 2 atom stereocenters. The van der Waals surface area contributed by atoms with Crippen molar-refractivity contribution < 1.29 is 19.9 Å². The van der Waals surface area contributed by atoms with E-state index < -0.39 is 19.3 Å². The first-order valence-electron chi connectivity index (χ1n) is 8.38. The van der Waals surface area contributed by atoms with Crippen molar-refractivity contribution in [1.82, 2.24) is 0 Å². The van der Waals surface area contributed by atoms with Gasteiger partial charge in [-0.15, -0.1) is 0 Å². The van der Waals surface area contributed by atoms with Gasteiger partial charge in [0.1, 0.15) is 5.80 Å². The monoisotopic (exact) mass is 398 g/mol. The Bertz CT molecular complexity index is 969. The molecule has 0 aliphatic rings. The SMILES string of the molecule is O=C(O)C(O)(C=[P+]([O-])CSc1cccc2ccccc12)Cc1ccccc1. The minimum atomic E-state index is -2.16. The minimum Gasteiger partial charge on any atom is -0.630 e. The average Bonchev–Trinajstić information content (AvgIpc) is 2.67. The Morgan fingerprint density at radius 1 is 1.04 bits per heavy atom. The Labute approximate surface area is 163 Å².